The smallest absolute Gasteiger partial charge is 0.274 e. The molecule has 0 fully saturated rings. The minimum atomic E-state index is -0.398. The lowest BCUT2D eigenvalue weighted by atomic mass is 10.1. The Hall–Kier alpha value is -2.56. The van der Waals surface area contributed by atoms with Crippen LogP contribution in [-0.4, -0.2) is 10.0 Å². The Morgan fingerprint density at radius 2 is 1.95 bits per heavy atom. The summed E-state index contributed by atoms with van der Waals surface area (Å²) in [5.41, 5.74) is 2.93. The zero-order chi connectivity index (χ0) is 14.7. The van der Waals surface area contributed by atoms with E-state index in [2.05, 4.69) is 5.32 Å². The molecule has 2 rings (SSSR count). The largest absolute Gasteiger partial charge is 0.507 e. The number of nitro benzene ring substituents is 1. The molecule has 0 unspecified atom stereocenters. The first-order valence-corrected chi connectivity index (χ1v) is 6.25. The van der Waals surface area contributed by atoms with Crippen LogP contribution in [0.1, 0.15) is 16.7 Å². The van der Waals surface area contributed by atoms with Gasteiger partial charge in [0.05, 0.1) is 4.92 Å². The predicted molar refractivity (Wildman–Crippen MR) is 78.0 cm³/mol. The number of hydrogen-bond donors (Lipinski definition) is 2. The third-order valence-corrected chi connectivity index (χ3v) is 3.21. The van der Waals surface area contributed by atoms with Crippen molar-refractivity contribution in [3.05, 3.63) is 63.2 Å². The van der Waals surface area contributed by atoms with Gasteiger partial charge in [0.2, 0.25) is 0 Å². The van der Waals surface area contributed by atoms with Crippen molar-refractivity contribution in [3.63, 3.8) is 0 Å². The minimum absolute atomic E-state index is 0.0865. The number of benzene rings is 2. The first-order chi connectivity index (χ1) is 9.49. The molecular weight excluding hydrogens is 256 g/mol. The van der Waals surface area contributed by atoms with E-state index in [0.717, 1.165) is 11.1 Å². The predicted octanol–water partition coefficient (Wildman–Crippen LogP) is 3.53. The normalized spacial score (nSPS) is 10.3. The van der Waals surface area contributed by atoms with E-state index >= 15 is 0 Å². The zero-order valence-corrected chi connectivity index (χ0v) is 11.4. The number of rotatable bonds is 4. The molecule has 5 nitrogen and oxygen atoms in total. The molecule has 0 aliphatic heterocycles. The molecule has 0 spiro atoms. The molecule has 2 aromatic rings. The number of anilines is 1. The van der Waals surface area contributed by atoms with Gasteiger partial charge in [0, 0.05) is 29.4 Å². The summed E-state index contributed by atoms with van der Waals surface area (Å²) < 4.78 is 0. The number of hydrogen-bond acceptors (Lipinski definition) is 4. The summed E-state index contributed by atoms with van der Waals surface area (Å²) in [6.45, 7) is 3.94. The van der Waals surface area contributed by atoms with Gasteiger partial charge in [-0.3, -0.25) is 10.1 Å². The Bertz CT molecular complexity index is 654. The second-order valence-electron chi connectivity index (χ2n) is 4.69. The minimum Gasteiger partial charge on any atom is -0.507 e. The highest BCUT2D eigenvalue weighted by atomic mass is 16.6. The fraction of sp³-hybridized carbons (Fsp3) is 0.200. The van der Waals surface area contributed by atoms with Gasteiger partial charge in [0.1, 0.15) is 5.75 Å². The lowest BCUT2D eigenvalue weighted by Crippen LogP contribution is -2.01. The molecule has 0 bridgehead atoms. The van der Waals surface area contributed by atoms with Crippen molar-refractivity contribution in [1.82, 2.24) is 0 Å². The number of aromatic hydroxyl groups is 1. The lowest BCUT2D eigenvalue weighted by molar-refractivity contribution is -0.385. The van der Waals surface area contributed by atoms with Gasteiger partial charge in [-0.25, -0.2) is 0 Å². The summed E-state index contributed by atoms with van der Waals surface area (Å²) in [7, 11) is 0. The van der Waals surface area contributed by atoms with Gasteiger partial charge in [-0.2, -0.15) is 0 Å². The molecule has 0 atom stereocenters. The van der Waals surface area contributed by atoms with Crippen LogP contribution in [-0.2, 0) is 6.54 Å². The molecule has 0 aliphatic rings. The molecule has 2 aromatic carbocycles. The standard InChI is InChI=1S/C15H16N2O3/c1-10-6-7-13(8-14(10)17(19)20)16-9-12-5-3-4-11(2)15(12)18/h3-8,16,18H,9H2,1-2H3. The van der Waals surface area contributed by atoms with Crippen LogP contribution in [0.15, 0.2) is 36.4 Å². The lowest BCUT2D eigenvalue weighted by Gasteiger charge is -2.10. The van der Waals surface area contributed by atoms with E-state index in [9.17, 15) is 15.2 Å². The molecule has 0 saturated heterocycles. The maximum atomic E-state index is 10.9. The van der Waals surface area contributed by atoms with Crippen LogP contribution < -0.4 is 5.32 Å². The molecule has 0 radical (unpaired) electrons. The Balaban J connectivity index is 2.17. The Labute approximate surface area is 117 Å². The fourth-order valence-corrected chi connectivity index (χ4v) is 1.98. The number of phenols is 1. The SMILES string of the molecule is Cc1ccc(NCc2cccc(C)c2O)cc1[N+](=O)[O-]. The van der Waals surface area contributed by atoms with Crippen molar-refractivity contribution >= 4 is 11.4 Å². The maximum absolute atomic E-state index is 10.9. The number of phenolic OH excluding ortho intramolecular Hbond substituents is 1. The molecular formula is C15H16N2O3. The summed E-state index contributed by atoms with van der Waals surface area (Å²) in [6, 6.07) is 10.5. The average molecular weight is 272 g/mol. The second-order valence-corrected chi connectivity index (χ2v) is 4.69. The van der Waals surface area contributed by atoms with Crippen molar-refractivity contribution in [2.45, 2.75) is 20.4 Å². The van der Waals surface area contributed by atoms with Crippen LogP contribution in [0.4, 0.5) is 11.4 Å². The summed E-state index contributed by atoms with van der Waals surface area (Å²) in [5.74, 6) is 0.251. The number of nitrogens with zero attached hydrogens (tertiary/aromatic N) is 1. The van der Waals surface area contributed by atoms with Crippen LogP contribution in [0.5, 0.6) is 5.75 Å². The van der Waals surface area contributed by atoms with Gasteiger partial charge in [0.25, 0.3) is 5.69 Å². The highest BCUT2D eigenvalue weighted by molar-refractivity contribution is 5.55. The van der Waals surface area contributed by atoms with E-state index in [4.69, 9.17) is 0 Å². The first kappa shape index (κ1) is 13.9. The Kier molecular flexibility index (Phi) is 3.89. The Morgan fingerprint density at radius 3 is 2.65 bits per heavy atom. The van der Waals surface area contributed by atoms with E-state index in [0.29, 0.717) is 17.8 Å². The van der Waals surface area contributed by atoms with Crippen molar-refractivity contribution in [2.75, 3.05) is 5.32 Å². The van der Waals surface area contributed by atoms with Crippen LogP contribution in [0.25, 0.3) is 0 Å². The van der Waals surface area contributed by atoms with Gasteiger partial charge in [0.15, 0.2) is 0 Å². The van der Waals surface area contributed by atoms with E-state index in [-0.39, 0.29) is 11.4 Å². The van der Waals surface area contributed by atoms with Gasteiger partial charge < -0.3 is 10.4 Å². The van der Waals surface area contributed by atoms with Crippen molar-refractivity contribution < 1.29 is 10.0 Å². The Morgan fingerprint density at radius 1 is 1.20 bits per heavy atom. The highest BCUT2D eigenvalue weighted by Crippen LogP contribution is 2.25. The van der Waals surface area contributed by atoms with Crippen molar-refractivity contribution in [2.24, 2.45) is 0 Å². The maximum Gasteiger partial charge on any atom is 0.274 e. The van der Waals surface area contributed by atoms with Crippen LogP contribution in [0.2, 0.25) is 0 Å². The van der Waals surface area contributed by atoms with Crippen LogP contribution in [0, 0.1) is 24.0 Å². The number of nitrogens with one attached hydrogen (secondary N) is 1. The van der Waals surface area contributed by atoms with Gasteiger partial charge in [-0.05, 0) is 25.5 Å². The number of nitro groups is 1. The first-order valence-electron chi connectivity index (χ1n) is 6.25. The summed E-state index contributed by atoms with van der Waals surface area (Å²) >= 11 is 0. The third kappa shape index (κ3) is 2.88. The van der Waals surface area contributed by atoms with Crippen molar-refractivity contribution in [1.29, 1.82) is 0 Å². The molecule has 0 aromatic heterocycles. The molecule has 0 aliphatic carbocycles. The van der Waals surface area contributed by atoms with Gasteiger partial charge in [-0.15, -0.1) is 0 Å². The van der Waals surface area contributed by atoms with Gasteiger partial charge >= 0.3 is 0 Å². The van der Waals surface area contributed by atoms with E-state index < -0.39 is 4.92 Å². The molecule has 0 amide bonds. The molecule has 20 heavy (non-hydrogen) atoms. The number of para-hydroxylation sites is 1. The second kappa shape index (κ2) is 5.61. The average Bonchev–Trinajstić information content (AvgIpc) is 2.41. The van der Waals surface area contributed by atoms with Crippen LogP contribution >= 0.6 is 0 Å². The zero-order valence-electron chi connectivity index (χ0n) is 11.4. The fourth-order valence-electron chi connectivity index (χ4n) is 1.98. The van der Waals surface area contributed by atoms with Crippen LogP contribution in [0.3, 0.4) is 0 Å². The third-order valence-electron chi connectivity index (χ3n) is 3.21. The topological polar surface area (TPSA) is 75.4 Å². The number of aryl methyl sites for hydroxylation is 2. The quantitative estimate of drug-likeness (QED) is 0.659. The monoisotopic (exact) mass is 272 g/mol. The molecule has 0 heterocycles. The van der Waals surface area contributed by atoms with E-state index in [1.807, 2.05) is 25.1 Å². The molecule has 2 N–H and O–H groups in total. The summed E-state index contributed by atoms with van der Waals surface area (Å²) in [6.07, 6.45) is 0. The summed E-state index contributed by atoms with van der Waals surface area (Å²) in [5, 5.41) is 23.9. The van der Waals surface area contributed by atoms with E-state index in [1.165, 1.54) is 6.07 Å². The molecule has 104 valence electrons. The summed E-state index contributed by atoms with van der Waals surface area (Å²) in [4.78, 5) is 10.5. The van der Waals surface area contributed by atoms with Crippen molar-refractivity contribution in [3.8, 4) is 5.75 Å². The van der Waals surface area contributed by atoms with Gasteiger partial charge in [-0.1, -0.05) is 24.3 Å². The molecule has 5 heteroatoms. The highest BCUT2D eigenvalue weighted by Gasteiger charge is 2.11. The molecule has 0 saturated carbocycles. The van der Waals surface area contributed by atoms with E-state index in [1.54, 1.807) is 19.1 Å².